The van der Waals surface area contributed by atoms with E-state index in [1.807, 2.05) is 6.92 Å². The Labute approximate surface area is 165 Å². The zero-order valence-corrected chi connectivity index (χ0v) is 17.2. The molecule has 0 bridgehead atoms. The number of halogens is 1. The summed E-state index contributed by atoms with van der Waals surface area (Å²) in [6.07, 6.45) is 0.673. The largest absolute Gasteiger partial charge is 0.494 e. The number of amides is 1. The summed E-state index contributed by atoms with van der Waals surface area (Å²) >= 11 is 0. The second kappa shape index (κ2) is 9.16. The van der Waals surface area contributed by atoms with Crippen LogP contribution in [0.15, 0.2) is 47.4 Å². The molecule has 28 heavy (non-hydrogen) atoms. The number of benzene rings is 2. The quantitative estimate of drug-likeness (QED) is 0.728. The van der Waals surface area contributed by atoms with Crippen LogP contribution in [0.25, 0.3) is 0 Å². The predicted octanol–water partition coefficient (Wildman–Crippen LogP) is 3.18. The summed E-state index contributed by atoms with van der Waals surface area (Å²) in [5, 5.41) is 0. The second-order valence-electron chi connectivity index (χ2n) is 6.59. The van der Waals surface area contributed by atoms with Gasteiger partial charge in [-0.05, 0) is 55.3 Å². The SMILES string of the molecule is CCC(C)NS(=O)(=O)c1ccc(C(=O)N(C)Cc2ccc(OC)c(F)c2)cc1. The van der Waals surface area contributed by atoms with Gasteiger partial charge in [-0.25, -0.2) is 17.5 Å². The van der Waals surface area contributed by atoms with Crippen molar-refractivity contribution in [3.8, 4) is 5.75 Å². The molecule has 0 aromatic heterocycles. The van der Waals surface area contributed by atoms with Crippen LogP contribution in [0.3, 0.4) is 0 Å². The van der Waals surface area contributed by atoms with Gasteiger partial charge in [-0.15, -0.1) is 0 Å². The Morgan fingerprint density at radius 3 is 2.39 bits per heavy atom. The summed E-state index contributed by atoms with van der Waals surface area (Å²) in [5.41, 5.74) is 0.963. The van der Waals surface area contributed by atoms with Crippen LogP contribution in [0.5, 0.6) is 5.75 Å². The molecule has 1 unspecified atom stereocenters. The highest BCUT2D eigenvalue weighted by molar-refractivity contribution is 7.89. The van der Waals surface area contributed by atoms with Crippen LogP contribution in [0.1, 0.15) is 36.2 Å². The normalized spacial score (nSPS) is 12.5. The minimum atomic E-state index is -3.62. The van der Waals surface area contributed by atoms with E-state index < -0.39 is 15.8 Å². The van der Waals surface area contributed by atoms with Gasteiger partial charge in [0.2, 0.25) is 10.0 Å². The van der Waals surface area contributed by atoms with Crippen LogP contribution in [0.2, 0.25) is 0 Å². The van der Waals surface area contributed by atoms with E-state index in [4.69, 9.17) is 4.74 Å². The Hall–Kier alpha value is -2.45. The second-order valence-corrected chi connectivity index (χ2v) is 8.30. The van der Waals surface area contributed by atoms with Crippen molar-refractivity contribution in [2.24, 2.45) is 0 Å². The first kappa shape index (κ1) is 21.8. The zero-order chi connectivity index (χ0) is 20.9. The van der Waals surface area contributed by atoms with E-state index in [9.17, 15) is 17.6 Å². The number of nitrogens with one attached hydrogen (secondary N) is 1. The topological polar surface area (TPSA) is 75.7 Å². The fourth-order valence-electron chi connectivity index (χ4n) is 2.57. The third kappa shape index (κ3) is 5.30. The number of carbonyl (C=O) groups is 1. The maximum atomic E-state index is 13.8. The van der Waals surface area contributed by atoms with E-state index in [1.165, 1.54) is 48.4 Å². The highest BCUT2D eigenvalue weighted by Gasteiger charge is 2.18. The van der Waals surface area contributed by atoms with Gasteiger partial charge < -0.3 is 9.64 Å². The van der Waals surface area contributed by atoms with Crippen LogP contribution >= 0.6 is 0 Å². The van der Waals surface area contributed by atoms with Gasteiger partial charge in [-0.3, -0.25) is 4.79 Å². The first-order valence-corrected chi connectivity index (χ1v) is 10.4. The Morgan fingerprint density at radius 2 is 1.86 bits per heavy atom. The molecule has 0 saturated heterocycles. The smallest absolute Gasteiger partial charge is 0.253 e. The van der Waals surface area contributed by atoms with E-state index in [-0.39, 0.29) is 29.1 Å². The van der Waals surface area contributed by atoms with Gasteiger partial charge in [0.15, 0.2) is 11.6 Å². The highest BCUT2D eigenvalue weighted by Crippen LogP contribution is 2.19. The van der Waals surface area contributed by atoms with Gasteiger partial charge >= 0.3 is 0 Å². The number of ether oxygens (including phenoxy) is 1. The lowest BCUT2D eigenvalue weighted by atomic mass is 10.1. The molecule has 0 spiro atoms. The lowest BCUT2D eigenvalue weighted by molar-refractivity contribution is 0.0785. The average molecular weight is 408 g/mol. The predicted molar refractivity (Wildman–Crippen MR) is 105 cm³/mol. The lowest BCUT2D eigenvalue weighted by Crippen LogP contribution is -2.32. The molecule has 1 N–H and O–H groups in total. The van der Waals surface area contributed by atoms with E-state index in [0.29, 0.717) is 17.5 Å². The maximum absolute atomic E-state index is 13.8. The van der Waals surface area contributed by atoms with Crippen molar-refractivity contribution in [1.29, 1.82) is 0 Å². The molecule has 0 heterocycles. The van der Waals surface area contributed by atoms with Crippen molar-refractivity contribution >= 4 is 15.9 Å². The van der Waals surface area contributed by atoms with Gasteiger partial charge in [0.1, 0.15) is 0 Å². The number of rotatable bonds is 8. The summed E-state index contributed by atoms with van der Waals surface area (Å²) in [7, 11) is -0.641. The Morgan fingerprint density at radius 1 is 1.21 bits per heavy atom. The lowest BCUT2D eigenvalue weighted by Gasteiger charge is -2.18. The number of methoxy groups -OCH3 is 1. The summed E-state index contributed by atoms with van der Waals surface area (Å²) in [6.45, 7) is 3.88. The molecule has 2 rings (SSSR count). The summed E-state index contributed by atoms with van der Waals surface area (Å²) in [4.78, 5) is 14.1. The Balaban J connectivity index is 2.10. The molecule has 6 nitrogen and oxygen atoms in total. The molecule has 8 heteroatoms. The van der Waals surface area contributed by atoms with Crippen molar-refractivity contribution in [2.75, 3.05) is 14.2 Å². The Bertz CT molecular complexity index is 930. The molecule has 0 radical (unpaired) electrons. The number of hydrogen-bond donors (Lipinski definition) is 1. The molecule has 0 aliphatic carbocycles. The Kier molecular flexibility index (Phi) is 7.15. The number of sulfonamides is 1. The van der Waals surface area contributed by atoms with E-state index >= 15 is 0 Å². The van der Waals surface area contributed by atoms with E-state index in [2.05, 4.69) is 4.72 Å². The molecule has 2 aromatic carbocycles. The van der Waals surface area contributed by atoms with Crippen molar-refractivity contribution < 1.29 is 22.3 Å². The molecule has 0 fully saturated rings. The highest BCUT2D eigenvalue weighted by atomic mass is 32.2. The van der Waals surface area contributed by atoms with Crippen LogP contribution in [-0.4, -0.2) is 39.4 Å². The fourth-order valence-corrected chi connectivity index (χ4v) is 3.89. The molecule has 0 saturated carbocycles. The van der Waals surface area contributed by atoms with Gasteiger partial charge in [-0.2, -0.15) is 0 Å². The molecule has 1 amide bonds. The van der Waals surface area contributed by atoms with Crippen LogP contribution < -0.4 is 9.46 Å². The summed E-state index contributed by atoms with van der Waals surface area (Å²) in [5.74, 6) is -0.653. The number of nitrogens with zero attached hydrogens (tertiary/aromatic N) is 1. The van der Waals surface area contributed by atoms with E-state index in [1.54, 1.807) is 20.0 Å². The maximum Gasteiger partial charge on any atom is 0.253 e. The number of carbonyl (C=O) groups excluding carboxylic acids is 1. The number of hydrogen-bond acceptors (Lipinski definition) is 4. The third-order valence-corrected chi connectivity index (χ3v) is 5.97. The van der Waals surface area contributed by atoms with Gasteiger partial charge in [-0.1, -0.05) is 13.0 Å². The molecule has 2 aromatic rings. The summed E-state index contributed by atoms with van der Waals surface area (Å²) < 4.78 is 45.8. The third-order valence-electron chi connectivity index (χ3n) is 4.36. The zero-order valence-electron chi connectivity index (χ0n) is 16.4. The molecule has 152 valence electrons. The monoisotopic (exact) mass is 408 g/mol. The fraction of sp³-hybridized carbons (Fsp3) is 0.350. The summed E-state index contributed by atoms with van der Waals surface area (Å²) in [6, 6.07) is 10.1. The van der Waals surface area contributed by atoms with Gasteiger partial charge in [0.05, 0.1) is 12.0 Å². The molecule has 0 aliphatic rings. The van der Waals surface area contributed by atoms with Crippen LogP contribution in [0.4, 0.5) is 4.39 Å². The minimum absolute atomic E-state index is 0.101. The van der Waals surface area contributed by atoms with Crippen molar-refractivity contribution in [3.05, 3.63) is 59.4 Å². The molecule has 1 atom stereocenters. The van der Waals surface area contributed by atoms with E-state index in [0.717, 1.165) is 0 Å². The van der Waals surface area contributed by atoms with Gasteiger partial charge in [0, 0.05) is 25.2 Å². The molecular formula is C20H25FN2O4S. The van der Waals surface area contributed by atoms with Crippen molar-refractivity contribution in [1.82, 2.24) is 9.62 Å². The first-order chi connectivity index (χ1) is 13.2. The minimum Gasteiger partial charge on any atom is -0.494 e. The van der Waals surface area contributed by atoms with Gasteiger partial charge in [0.25, 0.3) is 5.91 Å². The molecular weight excluding hydrogens is 383 g/mol. The first-order valence-electron chi connectivity index (χ1n) is 8.88. The average Bonchev–Trinajstić information content (AvgIpc) is 2.67. The molecule has 0 aliphatic heterocycles. The van der Waals surface area contributed by atoms with Crippen LogP contribution in [-0.2, 0) is 16.6 Å². The van der Waals surface area contributed by atoms with Crippen molar-refractivity contribution in [3.63, 3.8) is 0 Å². The van der Waals surface area contributed by atoms with Crippen LogP contribution in [0, 0.1) is 5.82 Å². The standard InChI is InChI=1S/C20H25FN2O4S/c1-5-14(2)22-28(25,26)17-9-7-16(8-10-17)20(24)23(3)13-15-6-11-19(27-4)18(21)12-15/h6-12,14,22H,5,13H2,1-4H3. The van der Waals surface area contributed by atoms with Crippen molar-refractivity contribution in [2.45, 2.75) is 37.8 Å².